The van der Waals surface area contributed by atoms with Crippen LogP contribution in [0.1, 0.15) is 34.5 Å². The van der Waals surface area contributed by atoms with Crippen LogP contribution < -0.4 is 10.2 Å². The molecule has 0 saturated carbocycles. The highest BCUT2D eigenvalue weighted by Crippen LogP contribution is 2.33. The second kappa shape index (κ2) is 9.22. The number of amides is 2. The minimum absolute atomic E-state index is 0.149. The highest BCUT2D eigenvalue weighted by Gasteiger charge is 2.36. The molecule has 11 heteroatoms. The summed E-state index contributed by atoms with van der Waals surface area (Å²) in [6.45, 7) is 1.48. The Labute approximate surface area is 191 Å². The van der Waals surface area contributed by atoms with Crippen molar-refractivity contribution in [1.29, 1.82) is 0 Å². The maximum atomic E-state index is 14.4. The van der Waals surface area contributed by atoms with Crippen LogP contribution in [0.3, 0.4) is 0 Å². The van der Waals surface area contributed by atoms with Gasteiger partial charge in [0.05, 0.1) is 17.2 Å². The molecule has 0 aliphatic rings. The highest BCUT2D eigenvalue weighted by atomic mass is 35.5. The molecule has 1 heterocycles. The van der Waals surface area contributed by atoms with Gasteiger partial charge in [0, 0.05) is 25.2 Å². The van der Waals surface area contributed by atoms with Gasteiger partial charge in [-0.3, -0.25) is 14.5 Å². The van der Waals surface area contributed by atoms with Crippen molar-refractivity contribution < 1.29 is 27.2 Å². The van der Waals surface area contributed by atoms with Gasteiger partial charge in [-0.1, -0.05) is 23.7 Å². The Morgan fingerprint density at radius 3 is 2.42 bits per heavy atom. The quantitative estimate of drug-likeness (QED) is 0.531. The number of alkyl halides is 3. The van der Waals surface area contributed by atoms with Crippen molar-refractivity contribution in [3.8, 4) is 5.69 Å². The van der Waals surface area contributed by atoms with E-state index in [2.05, 4.69) is 10.4 Å². The zero-order valence-electron chi connectivity index (χ0n) is 17.7. The van der Waals surface area contributed by atoms with Crippen molar-refractivity contribution >= 4 is 29.2 Å². The Bertz CT molecular complexity index is 1210. The third-order valence-electron chi connectivity index (χ3n) is 5.04. The first-order valence-electron chi connectivity index (χ1n) is 9.66. The SMILES string of the molecule is CNC(=O)c1ccc(C(C)C(=O)N(C)c2cc(C(F)(F)F)nn2-c2cccc(Cl)c2)cc1F. The number of nitrogens with zero attached hydrogens (tertiary/aromatic N) is 3. The lowest BCUT2D eigenvalue weighted by Gasteiger charge is -2.22. The molecule has 0 saturated heterocycles. The Morgan fingerprint density at radius 2 is 1.85 bits per heavy atom. The number of benzene rings is 2. The second-order valence-corrected chi connectivity index (χ2v) is 7.65. The maximum Gasteiger partial charge on any atom is 0.435 e. The van der Waals surface area contributed by atoms with E-state index in [1.165, 1.54) is 51.4 Å². The number of anilines is 1. The van der Waals surface area contributed by atoms with Crippen molar-refractivity contribution in [2.75, 3.05) is 19.0 Å². The molecule has 1 atom stereocenters. The number of hydrogen-bond acceptors (Lipinski definition) is 3. The number of nitrogens with one attached hydrogen (secondary N) is 1. The number of halogens is 5. The largest absolute Gasteiger partial charge is 0.435 e. The van der Waals surface area contributed by atoms with Gasteiger partial charge in [0.25, 0.3) is 5.91 Å². The first kappa shape index (κ1) is 24.2. The van der Waals surface area contributed by atoms with Gasteiger partial charge < -0.3 is 5.32 Å². The van der Waals surface area contributed by atoms with Gasteiger partial charge >= 0.3 is 6.18 Å². The summed E-state index contributed by atoms with van der Waals surface area (Å²) in [5, 5.41) is 6.20. The van der Waals surface area contributed by atoms with Crippen LogP contribution in [0.15, 0.2) is 48.5 Å². The first-order valence-corrected chi connectivity index (χ1v) is 10.0. The van der Waals surface area contributed by atoms with Crippen molar-refractivity contribution in [3.05, 3.63) is 76.2 Å². The molecule has 0 spiro atoms. The van der Waals surface area contributed by atoms with Gasteiger partial charge in [-0.25, -0.2) is 9.07 Å². The van der Waals surface area contributed by atoms with Crippen molar-refractivity contribution in [1.82, 2.24) is 15.1 Å². The molecule has 0 aliphatic carbocycles. The summed E-state index contributed by atoms with van der Waals surface area (Å²) < 4.78 is 55.4. The van der Waals surface area contributed by atoms with E-state index in [-0.39, 0.29) is 27.7 Å². The molecule has 0 radical (unpaired) electrons. The lowest BCUT2D eigenvalue weighted by Crippen LogP contribution is -2.32. The van der Waals surface area contributed by atoms with Crippen LogP contribution in [0.4, 0.5) is 23.4 Å². The van der Waals surface area contributed by atoms with Gasteiger partial charge in [-0.05, 0) is 42.8 Å². The molecule has 33 heavy (non-hydrogen) atoms. The molecule has 0 aliphatic heterocycles. The summed E-state index contributed by atoms with van der Waals surface area (Å²) in [4.78, 5) is 25.8. The number of carbonyl (C=O) groups excluding carboxylic acids is 2. The fourth-order valence-corrected chi connectivity index (χ4v) is 3.40. The minimum Gasteiger partial charge on any atom is -0.355 e. The number of carbonyl (C=O) groups is 2. The van der Waals surface area contributed by atoms with Crippen molar-refractivity contribution in [2.24, 2.45) is 0 Å². The minimum atomic E-state index is -4.74. The van der Waals surface area contributed by atoms with Gasteiger partial charge in [0.1, 0.15) is 11.6 Å². The predicted molar refractivity (Wildman–Crippen MR) is 115 cm³/mol. The van der Waals surface area contributed by atoms with Crippen molar-refractivity contribution in [2.45, 2.75) is 19.0 Å². The van der Waals surface area contributed by atoms with E-state index in [1.807, 2.05) is 0 Å². The number of aromatic nitrogens is 2. The average molecular weight is 483 g/mol. The summed E-state index contributed by atoms with van der Waals surface area (Å²) >= 11 is 5.97. The molecule has 2 amide bonds. The normalized spacial score (nSPS) is 12.4. The van der Waals surface area contributed by atoms with Crippen LogP contribution >= 0.6 is 11.6 Å². The maximum absolute atomic E-state index is 14.4. The van der Waals surface area contributed by atoms with Crippen LogP contribution in [-0.2, 0) is 11.0 Å². The van der Waals surface area contributed by atoms with Gasteiger partial charge in [-0.15, -0.1) is 0 Å². The van der Waals surface area contributed by atoms with Crippen LogP contribution in [0, 0.1) is 5.82 Å². The predicted octanol–water partition coefficient (Wildman–Crippen LogP) is 4.81. The lowest BCUT2D eigenvalue weighted by atomic mass is 9.98. The molecule has 1 aromatic heterocycles. The van der Waals surface area contributed by atoms with E-state index in [1.54, 1.807) is 6.07 Å². The molecular weight excluding hydrogens is 464 g/mol. The van der Waals surface area contributed by atoms with E-state index in [0.29, 0.717) is 0 Å². The standard InChI is InChI=1S/C22H19ClF4N4O2/c1-12(13-7-8-16(17(24)9-13)20(32)28-2)21(33)30(3)19-11-18(22(25,26)27)29-31(19)15-6-4-5-14(23)10-15/h4-12H,1-3H3,(H,28,32). The Kier molecular flexibility index (Phi) is 6.78. The van der Waals surface area contributed by atoms with Crippen LogP contribution in [0.2, 0.25) is 5.02 Å². The summed E-state index contributed by atoms with van der Waals surface area (Å²) in [6, 6.07) is 10.5. The van der Waals surface area contributed by atoms with E-state index in [0.717, 1.165) is 21.7 Å². The highest BCUT2D eigenvalue weighted by molar-refractivity contribution is 6.30. The van der Waals surface area contributed by atoms with Gasteiger partial charge in [0.2, 0.25) is 5.91 Å². The smallest absolute Gasteiger partial charge is 0.355 e. The molecule has 2 aromatic carbocycles. The van der Waals surface area contributed by atoms with Gasteiger partial charge in [0.15, 0.2) is 5.69 Å². The zero-order chi connectivity index (χ0) is 24.5. The Morgan fingerprint density at radius 1 is 1.15 bits per heavy atom. The molecule has 174 valence electrons. The topological polar surface area (TPSA) is 67.2 Å². The Balaban J connectivity index is 1.99. The molecule has 6 nitrogen and oxygen atoms in total. The summed E-state index contributed by atoms with van der Waals surface area (Å²) in [6.07, 6.45) is -4.74. The third kappa shape index (κ3) is 5.00. The third-order valence-corrected chi connectivity index (χ3v) is 5.28. The summed E-state index contributed by atoms with van der Waals surface area (Å²) in [7, 11) is 2.65. The lowest BCUT2D eigenvalue weighted by molar-refractivity contribution is -0.141. The molecular formula is C22H19ClF4N4O2. The molecule has 0 fully saturated rings. The first-order chi connectivity index (χ1) is 15.4. The Hall–Kier alpha value is -3.40. The summed E-state index contributed by atoms with van der Waals surface area (Å²) in [5.41, 5.74) is -0.906. The summed E-state index contributed by atoms with van der Waals surface area (Å²) in [5.74, 6) is -3.14. The fourth-order valence-electron chi connectivity index (χ4n) is 3.21. The number of likely N-dealkylation sites (N-methyl/N-ethyl adjacent to an activating group) is 1. The molecule has 3 rings (SSSR count). The zero-order valence-corrected chi connectivity index (χ0v) is 18.5. The van der Waals surface area contributed by atoms with E-state index >= 15 is 0 Å². The second-order valence-electron chi connectivity index (χ2n) is 7.21. The molecule has 1 N–H and O–H groups in total. The fraction of sp³-hybridized carbons (Fsp3) is 0.227. The van der Waals surface area contributed by atoms with Gasteiger partial charge in [-0.2, -0.15) is 18.3 Å². The van der Waals surface area contributed by atoms with E-state index in [4.69, 9.17) is 11.6 Å². The number of hydrogen-bond donors (Lipinski definition) is 1. The molecule has 1 unspecified atom stereocenters. The van der Waals surface area contributed by atoms with E-state index in [9.17, 15) is 27.2 Å². The van der Waals surface area contributed by atoms with Crippen LogP contribution in [-0.4, -0.2) is 35.7 Å². The molecule has 3 aromatic rings. The number of rotatable bonds is 5. The van der Waals surface area contributed by atoms with Crippen LogP contribution in [0.5, 0.6) is 0 Å². The monoisotopic (exact) mass is 482 g/mol. The van der Waals surface area contributed by atoms with Crippen LogP contribution in [0.25, 0.3) is 5.69 Å². The van der Waals surface area contributed by atoms with E-state index < -0.39 is 35.4 Å². The average Bonchev–Trinajstić information content (AvgIpc) is 3.23. The van der Waals surface area contributed by atoms with Crippen molar-refractivity contribution in [3.63, 3.8) is 0 Å². The molecule has 0 bridgehead atoms.